The molecule has 0 spiro atoms. The summed E-state index contributed by atoms with van der Waals surface area (Å²) >= 11 is 0. The van der Waals surface area contributed by atoms with E-state index in [1.54, 1.807) is 13.0 Å². The molecular formula is C16H22FNO2. The van der Waals surface area contributed by atoms with Gasteiger partial charge in [0.25, 0.3) is 0 Å². The predicted molar refractivity (Wildman–Crippen MR) is 75.9 cm³/mol. The Kier molecular flexibility index (Phi) is 5.12. The van der Waals surface area contributed by atoms with Gasteiger partial charge in [0.05, 0.1) is 13.0 Å². The van der Waals surface area contributed by atoms with Crippen LogP contribution in [0.4, 0.5) is 4.39 Å². The Balaban J connectivity index is 2.25. The first-order chi connectivity index (χ1) is 9.61. The fourth-order valence-electron chi connectivity index (χ4n) is 2.79. The predicted octanol–water partition coefficient (Wildman–Crippen LogP) is 3.22. The molecule has 0 bridgehead atoms. The zero-order valence-electron chi connectivity index (χ0n) is 12.2. The van der Waals surface area contributed by atoms with Crippen LogP contribution in [0, 0.1) is 12.7 Å². The zero-order valence-corrected chi connectivity index (χ0v) is 12.2. The Morgan fingerprint density at radius 1 is 1.40 bits per heavy atom. The molecule has 110 valence electrons. The summed E-state index contributed by atoms with van der Waals surface area (Å²) in [6, 6.07) is 4.87. The summed E-state index contributed by atoms with van der Waals surface area (Å²) in [6.07, 6.45) is 2.42. The monoisotopic (exact) mass is 279 g/mol. The van der Waals surface area contributed by atoms with Crippen molar-refractivity contribution < 1.29 is 13.9 Å². The van der Waals surface area contributed by atoms with Crippen molar-refractivity contribution in [2.45, 2.75) is 39.2 Å². The topological polar surface area (TPSA) is 29.5 Å². The number of hydrogen-bond donors (Lipinski definition) is 0. The molecule has 0 aliphatic carbocycles. The molecule has 1 fully saturated rings. The van der Waals surface area contributed by atoms with Crippen molar-refractivity contribution >= 4 is 5.97 Å². The van der Waals surface area contributed by atoms with Gasteiger partial charge in [-0.05, 0) is 45.8 Å². The molecule has 1 aromatic rings. The lowest BCUT2D eigenvalue weighted by molar-refractivity contribution is -0.144. The molecule has 1 aliphatic heterocycles. The van der Waals surface area contributed by atoms with Crippen molar-refractivity contribution in [1.29, 1.82) is 0 Å². The number of nitrogens with zero attached hydrogens (tertiary/aromatic N) is 1. The highest BCUT2D eigenvalue weighted by Gasteiger charge is 2.28. The summed E-state index contributed by atoms with van der Waals surface area (Å²) in [5.74, 6) is -0.498. The Labute approximate surface area is 119 Å². The Morgan fingerprint density at radius 2 is 2.10 bits per heavy atom. The fourth-order valence-corrected chi connectivity index (χ4v) is 2.79. The number of benzene rings is 1. The first-order valence-corrected chi connectivity index (χ1v) is 7.27. The summed E-state index contributed by atoms with van der Waals surface area (Å²) in [4.78, 5) is 14.0. The van der Waals surface area contributed by atoms with Crippen LogP contribution in [-0.2, 0) is 9.53 Å². The molecular weight excluding hydrogens is 257 g/mol. The smallest absolute Gasteiger partial charge is 0.307 e. The molecule has 0 N–H and O–H groups in total. The van der Waals surface area contributed by atoms with Crippen molar-refractivity contribution in [1.82, 2.24) is 4.90 Å². The molecule has 2 rings (SSSR count). The number of likely N-dealkylation sites (tertiary alicyclic amines) is 1. The molecule has 1 atom stereocenters. The SMILES string of the molecule is CCOC(=O)CC(c1cc(C)ccc1F)N1CCCC1. The normalized spacial score (nSPS) is 17.1. The minimum atomic E-state index is -0.259. The van der Waals surface area contributed by atoms with Gasteiger partial charge in [-0.25, -0.2) is 4.39 Å². The van der Waals surface area contributed by atoms with Gasteiger partial charge in [0.15, 0.2) is 0 Å². The van der Waals surface area contributed by atoms with Gasteiger partial charge in [0, 0.05) is 11.6 Å². The molecule has 1 heterocycles. The van der Waals surface area contributed by atoms with Crippen LogP contribution in [-0.4, -0.2) is 30.6 Å². The second-order valence-corrected chi connectivity index (χ2v) is 5.29. The van der Waals surface area contributed by atoms with Gasteiger partial charge in [-0.1, -0.05) is 17.7 Å². The Hall–Kier alpha value is -1.42. The van der Waals surface area contributed by atoms with Gasteiger partial charge in [0.2, 0.25) is 0 Å². The molecule has 1 unspecified atom stereocenters. The molecule has 0 radical (unpaired) electrons. The lowest BCUT2D eigenvalue weighted by atomic mass is 9.99. The first-order valence-electron chi connectivity index (χ1n) is 7.27. The lowest BCUT2D eigenvalue weighted by Crippen LogP contribution is -2.29. The van der Waals surface area contributed by atoms with Gasteiger partial charge in [-0.15, -0.1) is 0 Å². The summed E-state index contributed by atoms with van der Waals surface area (Å²) < 4.78 is 19.2. The zero-order chi connectivity index (χ0) is 14.5. The number of aryl methyl sites for hydroxylation is 1. The standard InChI is InChI=1S/C16H22FNO2/c1-3-20-16(19)11-15(18-8-4-5-9-18)13-10-12(2)6-7-14(13)17/h6-7,10,15H,3-5,8-9,11H2,1-2H3. The highest BCUT2D eigenvalue weighted by Crippen LogP contribution is 2.30. The van der Waals surface area contributed by atoms with Crippen LogP contribution in [0.5, 0.6) is 0 Å². The first kappa shape index (κ1) is 15.0. The van der Waals surface area contributed by atoms with E-state index in [4.69, 9.17) is 4.74 Å². The van der Waals surface area contributed by atoms with Gasteiger partial charge in [-0.2, -0.15) is 0 Å². The van der Waals surface area contributed by atoms with Gasteiger partial charge >= 0.3 is 5.97 Å². The van der Waals surface area contributed by atoms with E-state index in [0.29, 0.717) is 12.2 Å². The van der Waals surface area contributed by atoms with Gasteiger partial charge in [0.1, 0.15) is 5.82 Å². The van der Waals surface area contributed by atoms with Crippen molar-refractivity contribution in [2.24, 2.45) is 0 Å². The Bertz CT molecular complexity index is 470. The number of carbonyl (C=O) groups excluding carboxylic acids is 1. The van der Waals surface area contributed by atoms with Crippen LogP contribution < -0.4 is 0 Å². The fraction of sp³-hybridized carbons (Fsp3) is 0.562. The van der Waals surface area contributed by atoms with Crippen LogP contribution in [0.15, 0.2) is 18.2 Å². The molecule has 0 aromatic heterocycles. The molecule has 1 saturated heterocycles. The van der Waals surface area contributed by atoms with E-state index in [1.807, 2.05) is 13.0 Å². The van der Waals surface area contributed by atoms with Crippen LogP contribution >= 0.6 is 0 Å². The number of carbonyl (C=O) groups is 1. The average Bonchev–Trinajstić information content (AvgIpc) is 2.93. The van der Waals surface area contributed by atoms with Gasteiger partial charge < -0.3 is 4.74 Å². The second-order valence-electron chi connectivity index (χ2n) is 5.29. The number of ether oxygens (including phenoxy) is 1. The third kappa shape index (κ3) is 3.57. The molecule has 0 amide bonds. The molecule has 4 heteroatoms. The summed E-state index contributed by atoms with van der Waals surface area (Å²) in [5.41, 5.74) is 1.62. The van der Waals surface area contributed by atoms with Crippen LogP contribution in [0.2, 0.25) is 0 Å². The minimum Gasteiger partial charge on any atom is -0.466 e. The molecule has 1 aromatic carbocycles. The van der Waals surface area contributed by atoms with E-state index in [2.05, 4.69) is 4.90 Å². The maximum absolute atomic E-state index is 14.1. The van der Waals surface area contributed by atoms with Gasteiger partial charge in [-0.3, -0.25) is 9.69 Å². The number of esters is 1. The van der Waals surface area contributed by atoms with Crippen LogP contribution in [0.3, 0.4) is 0 Å². The Morgan fingerprint density at radius 3 is 2.75 bits per heavy atom. The molecule has 1 aliphatic rings. The molecule has 3 nitrogen and oxygen atoms in total. The quantitative estimate of drug-likeness (QED) is 0.775. The summed E-state index contributed by atoms with van der Waals surface area (Å²) in [6.45, 7) is 5.92. The highest BCUT2D eigenvalue weighted by atomic mass is 19.1. The maximum Gasteiger partial charge on any atom is 0.307 e. The van der Waals surface area contributed by atoms with E-state index in [9.17, 15) is 9.18 Å². The van der Waals surface area contributed by atoms with E-state index in [1.165, 1.54) is 6.07 Å². The summed E-state index contributed by atoms with van der Waals surface area (Å²) in [7, 11) is 0. The summed E-state index contributed by atoms with van der Waals surface area (Å²) in [5, 5.41) is 0. The number of rotatable bonds is 5. The largest absolute Gasteiger partial charge is 0.466 e. The average molecular weight is 279 g/mol. The number of hydrogen-bond acceptors (Lipinski definition) is 3. The third-order valence-corrected chi connectivity index (χ3v) is 3.76. The van der Waals surface area contributed by atoms with Crippen molar-refractivity contribution in [2.75, 3.05) is 19.7 Å². The van der Waals surface area contributed by atoms with E-state index >= 15 is 0 Å². The van der Waals surface area contributed by atoms with E-state index < -0.39 is 0 Å². The molecule has 20 heavy (non-hydrogen) atoms. The van der Waals surface area contributed by atoms with Crippen molar-refractivity contribution in [3.63, 3.8) is 0 Å². The van der Waals surface area contributed by atoms with Crippen molar-refractivity contribution in [3.8, 4) is 0 Å². The minimum absolute atomic E-state index is 0.212. The highest BCUT2D eigenvalue weighted by molar-refractivity contribution is 5.70. The maximum atomic E-state index is 14.1. The van der Waals surface area contributed by atoms with Crippen LogP contribution in [0.1, 0.15) is 43.4 Å². The third-order valence-electron chi connectivity index (χ3n) is 3.76. The van der Waals surface area contributed by atoms with Crippen LogP contribution in [0.25, 0.3) is 0 Å². The second kappa shape index (κ2) is 6.84. The molecule has 0 saturated carbocycles. The van der Waals surface area contributed by atoms with Crippen molar-refractivity contribution in [3.05, 3.63) is 35.1 Å². The lowest BCUT2D eigenvalue weighted by Gasteiger charge is -2.27. The van der Waals surface area contributed by atoms with E-state index in [-0.39, 0.29) is 24.2 Å². The number of halogens is 1. The van der Waals surface area contributed by atoms with E-state index in [0.717, 1.165) is 31.5 Å².